The number of hydrogen-bond acceptors (Lipinski definition) is 3. The Bertz CT molecular complexity index is 544. The third-order valence-electron chi connectivity index (χ3n) is 2.64. The van der Waals surface area contributed by atoms with Gasteiger partial charge in [-0.05, 0) is 43.0 Å². The molecule has 6 heteroatoms. The van der Waals surface area contributed by atoms with E-state index in [0.29, 0.717) is 0 Å². The first-order valence-corrected chi connectivity index (χ1v) is 6.69. The number of nitrogens with zero attached hydrogens (tertiary/aromatic N) is 1. The Labute approximate surface area is 99.1 Å². The first-order valence-electron chi connectivity index (χ1n) is 5.20. The van der Waals surface area contributed by atoms with Gasteiger partial charge in [-0.1, -0.05) is 0 Å². The number of nitriles is 1. The largest absolute Gasteiger partial charge is 0.241 e. The molecular formula is C11H11FN2O2S. The Morgan fingerprint density at radius 1 is 1.35 bits per heavy atom. The maximum Gasteiger partial charge on any atom is 0.241 e. The van der Waals surface area contributed by atoms with Crippen molar-refractivity contribution in [1.29, 1.82) is 5.26 Å². The maximum atomic E-state index is 12.7. The molecule has 0 aliphatic heterocycles. The van der Waals surface area contributed by atoms with Crippen molar-refractivity contribution in [2.75, 3.05) is 0 Å². The SMILES string of the molecule is N#CC(NS(=O)(=O)c1ccc(F)cc1)C1CC1. The minimum atomic E-state index is -3.73. The lowest BCUT2D eigenvalue weighted by molar-refractivity contribution is 0.559. The highest BCUT2D eigenvalue weighted by molar-refractivity contribution is 7.89. The summed E-state index contributed by atoms with van der Waals surface area (Å²) in [7, 11) is -3.73. The van der Waals surface area contributed by atoms with Gasteiger partial charge >= 0.3 is 0 Å². The molecule has 0 heterocycles. The summed E-state index contributed by atoms with van der Waals surface area (Å²) in [4.78, 5) is -0.0280. The normalized spacial score (nSPS) is 17.4. The molecule has 0 radical (unpaired) electrons. The molecule has 0 spiro atoms. The van der Waals surface area contributed by atoms with Gasteiger partial charge < -0.3 is 0 Å². The Morgan fingerprint density at radius 3 is 2.41 bits per heavy atom. The van der Waals surface area contributed by atoms with Crippen molar-refractivity contribution in [1.82, 2.24) is 4.72 Å². The van der Waals surface area contributed by atoms with Crippen LogP contribution in [0, 0.1) is 23.1 Å². The Kier molecular flexibility index (Phi) is 3.13. The number of rotatable bonds is 4. The molecule has 90 valence electrons. The summed E-state index contributed by atoms with van der Waals surface area (Å²) in [5, 5.41) is 8.85. The van der Waals surface area contributed by atoms with Crippen molar-refractivity contribution in [3.8, 4) is 6.07 Å². The topological polar surface area (TPSA) is 70.0 Å². The van der Waals surface area contributed by atoms with Crippen LogP contribution in [0.5, 0.6) is 0 Å². The summed E-state index contributed by atoms with van der Waals surface area (Å²) in [5.41, 5.74) is 0. The molecule has 1 N–H and O–H groups in total. The lowest BCUT2D eigenvalue weighted by Crippen LogP contribution is -2.35. The average molecular weight is 254 g/mol. The molecule has 1 aliphatic carbocycles. The van der Waals surface area contributed by atoms with Gasteiger partial charge in [-0.15, -0.1) is 0 Å². The molecule has 17 heavy (non-hydrogen) atoms. The van der Waals surface area contributed by atoms with Crippen LogP contribution in [-0.2, 0) is 10.0 Å². The first-order chi connectivity index (χ1) is 8.03. The molecule has 0 bridgehead atoms. The fourth-order valence-electron chi connectivity index (χ4n) is 1.51. The van der Waals surface area contributed by atoms with E-state index in [1.54, 1.807) is 0 Å². The summed E-state index contributed by atoms with van der Waals surface area (Å²) in [6, 6.07) is 5.76. The van der Waals surface area contributed by atoms with E-state index in [2.05, 4.69) is 4.72 Å². The molecule has 0 saturated heterocycles. The quantitative estimate of drug-likeness (QED) is 0.883. The second kappa shape index (κ2) is 4.43. The Hall–Kier alpha value is -1.45. The van der Waals surface area contributed by atoms with E-state index in [9.17, 15) is 12.8 Å². The number of benzene rings is 1. The third-order valence-corrected chi connectivity index (χ3v) is 4.10. The predicted octanol–water partition coefficient (Wildman–Crippen LogP) is 1.41. The predicted molar refractivity (Wildman–Crippen MR) is 58.8 cm³/mol. The molecule has 1 unspecified atom stereocenters. The summed E-state index contributed by atoms with van der Waals surface area (Å²) in [6.45, 7) is 0. The molecule has 2 rings (SSSR count). The van der Waals surface area contributed by atoms with Crippen LogP contribution in [-0.4, -0.2) is 14.5 Å². The van der Waals surface area contributed by atoms with E-state index in [1.807, 2.05) is 6.07 Å². The van der Waals surface area contributed by atoms with Crippen molar-refractivity contribution in [2.24, 2.45) is 5.92 Å². The van der Waals surface area contributed by atoms with E-state index in [0.717, 1.165) is 25.0 Å². The monoisotopic (exact) mass is 254 g/mol. The van der Waals surface area contributed by atoms with Crippen molar-refractivity contribution >= 4 is 10.0 Å². The van der Waals surface area contributed by atoms with Gasteiger partial charge in [-0.3, -0.25) is 0 Å². The molecule has 1 aromatic carbocycles. The minimum Gasteiger partial charge on any atom is -0.207 e. The molecule has 0 amide bonds. The highest BCUT2D eigenvalue weighted by Gasteiger charge is 2.34. The highest BCUT2D eigenvalue weighted by Crippen LogP contribution is 2.33. The second-order valence-electron chi connectivity index (χ2n) is 4.02. The van der Waals surface area contributed by atoms with Crippen molar-refractivity contribution in [3.63, 3.8) is 0 Å². The van der Waals surface area contributed by atoms with Crippen molar-refractivity contribution < 1.29 is 12.8 Å². The Morgan fingerprint density at radius 2 is 1.94 bits per heavy atom. The fourth-order valence-corrected chi connectivity index (χ4v) is 2.72. The molecule has 4 nitrogen and oxygen atoms in total. The summed E-state index contributed by atoms with van der Waals surface area (Å²) in [6.07, 6.45) is 1.73. The zero-order valence-electron chi connectivity index (χ0n) is 8.93. The van der Waals surface area contributed by atoms with Crippen LogP contribution in [0.25, 0.3) is 0 Å². The molecule has 1 fully saturated rings. The van der Waals surface area contributed by atoms with Gasteiger partial charge in [0.25, 0.3) is 0 Å². The molecule has 0 aromatic heterocycles. The standard InChI is InChI=1S/C11H11FN2O2S/c12-9-3-5-10(6-4-9)17(15,16)14-11(7-13)8-1-2-8/h3-6,8,11,14H,1-2H2. The molecule has 1 aliphatic rings. The fraction of sp³-hybridized carbons (Fsp3) is 0.364. The van der Waals surface area contributed by atoms with Gasteiger partial charge in [0, 0.05) is 0 Å². The second-order valence-corrected chi connectivity index (χ2v) is 5.73. The smallest absolute Gasteiger partial charge is 0.207 e. The van der Waals surface area contributed by atoms with Crippen LogP contribution in [0.1, 0.15) is 12.8 Å². The van der Waals surface area contributed by atoms with E-state index in [-0.39, 0.29) is 10.8 Å². The zero-order valence-corrected chi connectivity index (χ0v) is 9.74. The van der Waals surface area contributed by atoms with Crippen molar-refractivity contribution in [2.45, 2.75) is 23.8 Å². The van der Waals surface area contributed by atoms with E-state index in [1.165, 1.54) is 12.1 Å². The average Bonchev–Trinajstić information content (AvgIpc) is 3.10. The minimum absolute atomic E-state index is 0.0280. The zero-order chi connectivity index (χ0) is 12.5. The summed E-state index contributed by atoms with van der Waals surface area (Å²) >= 11 is 0. The van der Waals surface area contributed by atoms with Crippen LogP contribution < -0.4 is 4.72 Å². The lowest BCUT2D eigenvalue weighted by atomic mass is 10.2. The van der Waals surface area contributed by atoms with Crippen LogP contribution in [0.2, 0.25) is 0 Å². The van der Waals surface area contributed by atoms with Gasteiger partial charge in [0.1, 0.15) is 11.9 Å². The van der Waals surface area contributed by atoms with Crippen LogP contribution in [0.15, 0.2) is 29.2 Å². The number of halogens is 1. The molecule has 1 atom stereocenters. The van der Waals surface area contributed by atoms with E-state index < -0.39 is 21.9 Å². The van der Waals surface area contributed by atoms with Crippen molar-refractivity contribution in [3.05, 3.63) is 30.1 Å². The molecule has 1 aromatic rings. The van der Waals surface area contributed by atoms with Gasteiger partial charge in [0.15, 0.2) is 0 Å². The van der Waals surface area contributed by atoms with Gasteiger partial charge in [0.2, 0.25) is 10.0 Å². The van der Waals surface area contributed by atoms with Gasteiger partial charge in [0.05, 0.1) is 11.0 Å². The molecular weight excluding hydrogens is 243 g/mol. The first kappa shape index (κ1) is 12.0. The van der Waals surface area contributed by atoms with E-state index in [4.69, 9.17) is 5.26 Å². The van der Waals surface area contributed by atoms with Crippen LogP contribution in [0.3, 0.4) is 0 Å². The van der Waals surface area contributed by atoms with Gasteiger partial charge in [-0.25, -0.2) is 12.8 Å². The maximum absolute atomic E-state index is 12.7. The third kappa shape index (κ3) is 2.81. The number of sulfonamides is 1. The Balaban J connectivity index is 2.18. The van der Waals surface area contributed by atoms with E-state index >= 15 is 0 Å². The summed E-state index contributed by atoms with van der Waals surface area (Å²) in [5.74, 6) is -0.391. The summed E-state index contributed by atoms with van der Waals surface area (Å²) < 4.78 is 38.7. The number of hydrogen-bond donors (Lipinski definition) is 1. The lowest BCUT2D eigenvalue weighted by Gasteiger charge is -2.10. The van der Waals surface area contributed by atoms with Crippen LogP contribution in [0.4, 0.5) is 4.39 Å². The van der Waals surface area contributed by atoms with Crippen LogP contribution >= 0.6 is 0 Å². The highest BCUT2D eigenvalue weighted by atomic mass is 32.2. The van der Waals surface area contributed by atoms with Gasteiger partial charge in [-0.2, -0.15) is 9.98 Å². The number of nitrogens with one attached hydrogen (secondary N) is 1. The molecule has 1 saturated carbocycles.